The monoisotopic (exact) mass is 505 g/mol. The molecule has 2 heterocycles. The van der Waals surface area contributed by atoms with Crippen LogP contribution in [-0.2, 0) is 24.9 Å². The third-order valence-electron chi connectivity index (χ3n) is 6.34. The molecule has 2 aromatic heterocycles. The SMILES string of the molecule is Cn1nc(-c2ccccc2)c(CN(CC2CC2)C[C@H](O)COCc2ccco2)c1Oc1cccc(F)c1. The predicted octanol–water partition coefficient (Wildman–Crippen LogP) is 5.40. The minimum absolute atomic E-state index is 0.201. The molecule has 1 atom stereocenters. The van der Waals surface area contributed by atoms with E-state index in [1.807, 2.05) is 49.5 Å². The van der Waals surface area contributed by atoms with E-state index in [0.717, 1.165) is 29.1 Å². The Morgan fingerprint density at radius 3 is 2.70 bits per heavy atom. The summed E-state index contributed by atoms with van der Waals surface area (Å²) in [7, 11) is 1.83. The van der Waals surface area contributed by atoms with Crippen LogP contribution in [0.1, 0.15) is 24.2 Å². The van der Waals surface area contributed by atoms with Gasteiger partial charge in [0.2, 0.25) is 5.88 Å². The Morgan fingerprint density at radius 2 is 1.97 bits per heavy atom. The van der Waals surface area contributed by atoms with Crippen LogP contribution in [0.15, 0.2) is 77.4 Å². The minimum atomic E-state index is -0.668. The van der Waals surface area contributed by atoms with E-state index in [0.29, 0.717) is 37.2 Å². The smallest absolute Gasteiger partial charge is 0.222 e. The number of rotatable bonds is 13. The Hall–Kier alpha value is -3.46. The molecule has 1 saturated carbocycles. The first-order valence-electron chi connectivity index (χ1n) is 12.6. The van der Waals surface area contributed by atoms with E-state index < -0.39 is 6.10 Å². The van der Waals surface area contributed by atoms with Gasteiger partial charge in [0.05, 0.1) is 24.5 Å². The fraction of sp³-hybridized carbons (Fsp3) is 0.345. The topological polar surface area (TPSA) is 72.9 Å². The fourth-order valence-corrected chi connectivity index (χ4v) is 4.43. The van der Waals surface area contributed by atoms with Gasteiger partial charge in [-0.2, -0.15) is 5.10 Å². The third-order valence-corrected chi connectivity index (χ3v) is 6.34. The van der Waals surface area contributed by atoms with Crippen LogP contribution in [0, 0.1) is 11.7 Å². The Balaban J connectivity index is 1.37. The molecule has 0 radical (unpaired) electrons. The molecule has 0 spiro atoms. The summed E-state index contributed by atoms with van der Waals surface area (Å²) < 4.78 is 32.7. The van der Waals surface area contributed by atoms with Crippen molar-refractivity contribution in [1.82, 2.24) is 14.7 Å². The molecule has 1 aliphatic rings. The molecule has 0 bridgehead atoms. The summed E-state index contributed by atoms with van der Waals surface area (Å²) in [5.74, 6) is 1.93. The average Bonchev–Trinajstić information content (AvgIpc) is 3.45. The van der Waals surface area contributed by atoms with Crippen molar-refractivity contribution in [3.05, 3.63) is 90.1 Å². The van der Waals surface area contributed by atoms with Crippen LogP contribution >= 0.6 is 0 Å². The molecule has 1 aliphatic carbocycles. The highest BCUT2D eigenvalue weighted by Crippen LogP contribution is 2.36. The van der Waals surface area contributed by atoms with Gasteiger partial charge in [-0.1, -0.05) is 36.4 Å². The van der Waals surface area contributed by atoms with Crippen molar-refractivity contribution >= 4 is 0 Å². The summed E-state index contributed by atoms with van der Waals surface area (Å²) in [6, 6.07) is 19.7. The van der Waals surface area contributed by atoms with Gasteiger partial charge in [0, 0.05) is 38.3 Å². The maximum atomic E-state index is 13.9. The number of furan rings is 1. The number of halogens is 1. The number of aromatic nitrogens is 2. The largest absolute Gasteiger partial charge is 0.467 e. The quantitative estimate of drug-likeness (QED) is 0.262. The summed E-state index contributed by atoms with van der Waals surface area (Å²) in [6.45, 7) is 2.34. The minimum Gasteiger partial charge on any atom is -0.467 e. The molecule has 5 rings (SSSR count). The maximum absolute atomic E-state index is 13.9. The number of aliphatic hydroxyl groups is 1. The zero-order valence-electron chi connectivity index (χ0n) is 20.9. The number of aryl methyl sites for hydroxylation is 1. The molecule has 0 amide bonds. The summed E-state index contributed by atoms with van der Waals surface area (Å²) in [6.07, 6.45) is 3.31. The van der Waals surface area contributed by atoms with E-state index in [-0.39, 0.29) is 12.4 Å². The van der Waals surface area contributed by atoms with Crippen molar-refractivity contribution in [2.45, 2.75) is 32.1 Å². The van der Waals surface area contributed by atoms with E-state index >= 15 is 0 Å². The molecular weight excluding hydrogens is 473 g/mol. The lowest BCUT2D eigenvalue weighted by Gasteiger charge is -2.25. The molecule has 1 N–H and O–H groups in total. The van der Waals surface area contributed by atoms with E-state index in [1.165, 1.54) is 25.0 Å². The van der Waals surface area contributed by atoms with Crippen molar-refractivity contribution in [3.63, 3.8) is 0 Å². The Kier molecular flexibility index (Phi) is 7.99. The third kappa shape index (κ3) is 6.85. The van der Waals surface area contributed by atoms with Crippen molar-refractivity contribution < 1.29 is 23.4 Å². The number of benzene rings is 2. The Labute approximate surface area is 216 Å². The number of ether oxygens (including phenoxy) is 2. The molecule has 0 saturated heterocycles. The maximum Gasteiger partial charge on any atom is 0.222 e. The fourth-order valence-electron chi connectivity index (χ4n) is 4.43. The molecule has 37 heavy (non-hydrogen) atoms. The second-order valence-corrected chi connectivity index (χ2v) is 9.57. The predicted molar refractivity (Wildman–Crippen MR) is 137 cm³/mol. The molecule has 2 aromatic carbocycles. The molecule has 4 aromatic rings. The van der Waals surface area contributed by atoms with E-state index in [1.54, 1.807) is 23.1 Å². The number of hydrogen-bond acceptors (Lipinski definition) is 6. The summed E-state index contributed by atoms with van der Waals surface area (Å²) in [4.78, 5) is 2.24. The van der Waals surface area contributed by atoms with Crippen molar-refractivity contribution in [2.75, 3.05) is 19.7 Å². The highest BCUT2D eigenvalue weighted by atomic mass is 19.1. The van der Waals surface area contributed by atoms with Crippen LogP contribution in [-0.4, -0.2) is 45.6 Å². The van der Waals surface area contributed by atoms with Gasteiger partial charge in [-0.15, -0.1) is 0 Å². The van der Waals surface area contributed by atoms with Crippen LogP contribution in [0.4, 0.5) is 4.39 Å². The molecular formula is C29H32FN3O4. The van der Waals surface area contributed by atoms with Crippen LogP contribution in [0.3, 0.4) is 0 Å². The molecule has 1 fully saturated rings. The van der Waals surface area contributed by atoms with Crippen molar-refractivity contribution in [1.29, 1.82) is 0 Å². The van der Waals surface area contributed by atoms with Gasteiger partial charge in [0.25, 0.3) is 0 Å². The van der Waals surface area contributed by atoms with Crippen molar-refractivity contribution in [3.8, 4) is 22.9 Å². The van der Waals surface area contributed by atoms with Gasteiger partial charge in [0.15, 0.2) is 0 Å². The zero-order valence-corrected chi connectivity index (χ0v) is 20.9. The number of aliphatic hydroxyl groups excluding tert-OH is 1. The van der Waals surface area contributed by atoms with Gasteiger partial charge < -0.3 is 19.0 Å². The van der Waals surface area contributed by atoms with Gasteiger partial charge in [0.1, 0.15) is 29.6 Å². The Bertz CT molecular complexity index is 1270. The van der Waals surface area contributed by atoms with Gasteiger partial charge >= 0.3 is 0 Å². The summed E-state index contributed by atoms with van der Waals surface area (Å²) >= 11 is 0. The summed E-state index contributed by atoms with van der Waals surface area (Å²) in [5, 5.41) is 15.6. The lowest BCUT2D eigenvalue weighted by Crippen LogP contribution is -2.36. The number of nitrogens with zero attached hydrogens (tertiary/aromatic N) is 3. The Morgan fingerprint density at radius 1 is 1.14 bits per heavy atom. The van der Waals surface area contributed by atoms with Crippen LogP contribution in [0.2, 0.25) is 0 Å². The normalized spacial score (nSPS) is 14.3. The van der Waals surface area contributed by atoms with E-state index in [9.17, 15) is 9.50 Å². The lowest BCUT2D eigenvalue weighted by atomic mass is 10.1. The second kappa shape index (κ2) is 11.7. The summed E-state index contributed by atoms with van der Waals surface area (Å²) in [5.41, 5.74) is 2.66. The molecule has 0 aliphatic heterocycles. The second-order valence-electron chi connectivity index (χ2n) is 9.57. The molecule has 7 nitrogen and oxygen atoms in total. The molecule has 194 valence electrons. The van der Waals surface area contributed by atoms with Gasteiger partial charge in [-0.25, -0.2) is 9.07 Å². The highest BCUT2D eigenvalue weighted by Gasteiger charge is 2.28. The van der Waals surface area contributed by atoms with Crippen LogP contribution < -0.4 is 4.74 Å². The zero-order chi connectivity index (χ0) is 25.6. The first-order chi connectivity index (χ1) is 18.0. The number of hydrogen-bond donors (Lipinski definition) is 1. The average molecular weight is 506 g/mol. The molecule has 0 unspecified atom stereocenters. The highest BCUT2D eigenvalue weighted by molar-refractivity contribution is 5.65. The van der Waals surface area contributed by atoms with Crippen molar-refractivity contribution in [2.24, 2.45) is 13.0 Å². The van der Waals surface area contributed by atoms with E-state index in [2.05, 4.69) is 4.90 Å². The van der Waals surface area contributed by atoms with Gasteiger partial charge in [-0.05, 0) is 43.0 Å². The first kappa shape index (κ1) is 25.2. The van der Waals surface area contributed by atoms with Crippen LogP contribution in [0.25, 0.3) is 11.3 Å². The first-order valence-corrected chi connectivity index (χ1v) is 12.6. The van der Waals surface area contributed by atoms with Crippen LogP contribution in [0.5, 0.6) is 11.6 Å². The lowest BCUT2D eigenvalue weighted by molar-refractivity contribution is 0.00311. The standard InChI is InChI=1S/C29H32FN3O4/c1-32-29(37-25-10-5-9-23(30)15-25)27(28(31-32)22-7-3-2-4-8-22)18-33(16-21-12-13-21)17-24(34)19-35-20-26-11-6-14-36-26/h2-11,14-15,21,24,34H,12-13,16-20H2,1H3/t24-/m0/s1. The van der Waals surface area contributed by atoms with Gasteiger partial charge in [-0.3, -0.25) is 4.90 Å². The van der Waals surface area contributed by atoms with E-state index in [4.69, 9.17) is 19.0 Å². The molecule has 8 heteroatoms.